The van der Waals surface area contributed by atoms with E-state index in [0.717, 1.165) is 29.6 Å². The summed E-state index contributed by atoms with van der Waals surface area (Å²) < 4.78 is 10.9. The Labute approximate surface area is 218 Å². The zero-order valence-electron chi connectivity index (χ0n) is 18.7. The molecule has 10 heteroatoms. The molecule has 4 aromatic rings. The number of nitrogens with one attached hydrogen (secondary N) is 1. The average molecular weight is 543 g/mol. The molecule has 0 bridgehead atoms. The van der Waals surface area contributed by atoms with E-state index in [9.17, 15) is 14.7 Å². The quantitative estimate of drug-likeness (QED) is 0.260. The van der Waals surface area contributed by atoms with Crippen molar-refractivity contribution < 1.29 is 19.4 Å². The SMILES string of the molecule is Cc1snc(C#Cc2cc3cc(C4(C(=O)O)CC4)sc3s2)c1NC(=O)OC(C)c1ccccc1Cl. The predicted molar refractivity (Wildman–Crippen MR) is 141 cm³/mol. The van der Waals surface area contributed by atoms with Gasteiger partial charge >= 0.3 is 12.1 Å². The lowest BCUT2D eigenvalue weighted by molar-refractivity contribution is -0.139. The van der Waals surface area contributed by atoms with Crippen molar-refractivity contribution in [1.82, 2.24) is 4.37 Å². The van der Waals surface area contributed by atoms with Gasteiger partial charge in [0.2, 0.25) is 0 Å². The number of carboxylic acid groups (broad SMARTS) is 1. The molecule has 6 nitrogen and oxygen atoms in total. The fourth-order valence-corrected chi connectivity index (χ4v) is 7.14. The van der Waals surface area contributed by atoms with Gasteiger partial charge in [-0.2, -0.15) is 4.37 Å². The molecule has 0 spiro atoms. The maximum Gasteiger partial charge on any atom is 0.412 e. The number of carboxylic acids is 1. The number of aryl methyl sites for hydroxylation is 1. The van der Waals surface area contributed by atoms with Gasteiger partial charge in [-0.1, -0.05) is 29.8 Å². The summed E-state index contributed by atoms with van der Waals surface area (Å²) in [7, 11) is 0. The first-order chi connectivity index (χ1) is 16.8. The molecule has 5 rings (SSSR count). The number of carbonyl (C=O) groups is 2. The van der Waals surface area contributed by atoms with Crippen LogP contribution < -0.4 is 5.32 Å². The first kappa shape index (κ1) is 23.8. The largest absolute Gasteiger partial charge is 0.481 e. The third kappa shape index (κ3) is 4.67. The molecular formula is C25H19ClN2O4S3. The number of nitrogens with zero attached hydrogens (tertiary/aromatic N) is 1. The molecule has 1 fully saturated rings. The maximum absolute atomic E-state index is 12.5. The third-order valence-corrected chi connectivity index (χ3v) is 9.47. The summed E-state index contributed by atoms with van der Waals surface area (Å²) in [6.07, 6.45) is 0.258. The summed E-state index contributed by atoms with van der Waals surface area (Å²) in [5.41, 5.74) is 1.03. The monoisotopic (exact) mass is 542 g/mol. The van der Waals surface area contributed by atoms with Gasteiger partial charge in [0.15, 0.2) is 5.69 Å². The highest BCUT2D eigenvalue weighted by Gasteiger charge is 2.53. The molecule has 0 saturated heterocycles. The number of aromatic nitrogens is 1. The first-order valence-electron chi connectivity index (χ1n) is 10.7. The lowest BCUT2D eigenvalue weighted by Gasteiger charge is -2.15. The molecule has 0 aliphatic heterocycles. The van der Waals surface area contributed by atoms with Crippen LogP contribution in [0.25, 0.3) is 9.40 Å². The second-order valence-corrected chi connectivity index (χ2v) is 12.0. The Morgan fingerprint density at radius 1 is 1.23 bits per heavy atom. The van der Waals surface area contributed by atoms with Gasteiger partial charge in [-0.25, -0.2) is 4.79 Å². The lowest BCUT2D eigenvalue weighted by atomic mass is 10.1. The van der Waals surface area contributed by atoms with Crippen molar-refractivity contribution in [3.05, 3.63) is 67.3 Å². The number of fused-ring (bicyclic) bond motifs is 1. The summed E-state index contributed by atoms with van der Waals surface area (Å²) >= 11 is 10.5. The van der Waals surface area contributed by atoms with Crippen LogP contribution in [0.4, 0.5) is 10.5 Å². The van der Waals surface area contributed by atoms with E-state index in [4.69, 9.17) is 16.3 Å². The van der Waals surface area contributed by atoms with Crippen LogP contribution in [0.1, 0.15) is 51.8 Å². The fraction of sp³-hybridized carbons (Fsp3) is 0.240. The highest BCUT2D eigenvalue weighted by molar-refractivity contribution is 7.38. The van der Waals surface area contributed by atoms with Crippen LogP contribution in [-0.2, 0) is 14.9 Å². The van der Waals surface area contributed by atoms with Crippen LogP contribution in [-0.4, -0.2) is 21.5 Å². The van der Waals surface area contributed by atoms with Crippen LogP contribution in [0.15, 0.2) is 36.4 Å². The smallest absolute Gasteiger partial charge is 0.412 e. The third-order valence-electron chi connectivity index (χ3n) is 5.87. The van der Waals surface area contributed by atoms with Crippen molar-refractivity contribution in [2.45, 2.75) is 38.2 Å². The molecule has 1 amide bonds. The summed E-state index contributed by atoms with van der Waals surface area (Å²) in [5, 5.41) is 13.8. The summed E-state index contributed by atoms with van der Waals surface area (Å²) in [6.45, 7) is 3.62. The molecule has 35 heavy (non-hydrogen) atoms. The van der Waals surface area contributed by atoms with Crippen molar-refractivity contribution in [3.8, 4) is 11.8 Å². The number of hydrogen-bond acceptors (Lipinski definition) is 7. The molecule has 2 N–H and O–H groups in total. The number of hydrogen-bond donors (Lipinski definition) is 2. The fourth-order valence-electron chi connectivity index (χ4n) is 3.71. The average Bonchev–Trinajstić information content (AvgIpc) is 3.25. The van der Waals surface area contributed by atoms with Crippen molar-refractivity contribution in [3.63, 3.8) is 0 Å². The number of benzene rings is 1. The second kappa shape index (κ2) is 9.28. The molecule has 1 aliphatic rings. The number of carbonyl (C=O) groups excluding carboxylic acids is 1. The van der Waals surface area contributed by atoms with Gasteiger partial charge in [0.05, 0.1) is 14.6 Å². The Bertz CT molecular complexity index is 1490. The Morgan fingerprint density at radius 2 is 2.00 bits per heavy atom. The molecule has 0 radical (unpaired) electrons. The van der Waals surface area contributed by atoms with Crippen LogP contribution >= 0.6 is 45.8 Å². The van der Waals surface area contributed by atoms with Gasteiger partial charge in [-0.3, -0.25) is 10.1 Å². The molecule has 1 atom stereocenters. The molecule has 3 heterocycles. The number of halogens is 1. The van der Waals surface area contributed by atoms with Gasteiger partial charge in [-0.15, -0.1) is 22.7 Å². The van der Waals surface area contributed by atoms with Gasteiger partial charge in [-0.05, 0) is 68.3 Å². The molecule has 1 unspecified atom stereocenters. The van der Waals surface area contributed by atoms with Crippen LogP contribution in [0.5, 0.6) is 0 Å². The van der Waals surface area contributed by atoms with Crippen molar-refractivity contribution in [2.24, 2.45) is 0 Å². The minimum Gasteiger partial charge on any atom is -0.481 e. The van der Waals surface area contributed by atoms with Crippen molar-refractivity contribution in [2.75, 3.05) is 5.32 Å². The number of aliphatic carboxylic acids is 1. The minimum absolute atomic E-state index is 0.468. The minimum atomic E-state index is -0.745. The highest BCUT2D eigenvalue weighted by Crippen LogP contribution is 2.52. The molecule has 3 aromatic heterocycles. The molecule has 178 valence electrons. The Kier molecular flexibility index (Phi) is 6.32. The van der Waals surface area contributed by atoms with Gasteiger partial charge in [0.25, 0.3) is 0 Å². The van der Waals surface area contributed by atoms with E-state index in [-0.39, 0.29) is 0 Å². The zero-order valence-corrected chi connectivity index (χ0v) is 21.9. The summed E-state index contributed by atoms with van der Waals surface area (Å²) in [4.78, 5) is 26.7. The normalized spacial score (nSPS) is 14.7. The van der Waals surface area contributed by atoms with Crippen LogP contribution in [0.2, 0.25) is 5.02 Å². The van der Waals surface area contributed by atoms with Crippen LogP contribution in [0, 0.1) is 18.8 Å². The molecule has 1 saturated carbocycles. The van der Waals surface area contributed by atoms with E-state index in [1.165, 1.54) is 34.2 Å². The molecular weight excluding hydrogens is 524 g/mol. The lowest BCUT2D eigenvalue weighted by Crippen LogP contribution is -2.17. The van der Waals surface area contributed by atoms with Gasteiger partial charge < -0.3 is 9.84 Å². The standard InChI is InChI=1S/C25H19ClN2O4S3/c1-13(17-5-3-4-6-18(17)26)32-24(31)27-21-14(2)35-28-19(21)8-7-16-11-15-12-20(34-22(15)33-16)25(9-10-25)23(29)30/h3-6,11-13H,9-10H2,1-2H3,(H,27,31)(H,29,30). The number of thiophene rings is 2. The second-order valence-electron chi connectivity index (χ2n) is 8.26. The van der Waals surface area contributed by atoms with E-state index < -0.39 is 23.6 Å². The van der Waals surface area contributed by atoms with Crippen molar-refractivity contribution >= 4 is 73.0 Å². The van der Waals surface area contributed by atoms with E-state index >= 15 is 0 Å². The number of amides is 1. The Hall–Kier alpha value is -2.90. The molecule has 1 aliphatic carbocycles. The number of anilines is 1. The predicted octanol–water partition coefficient (Wildman–Crippen LogP) is 7.21. The maximum atomic E-state index is 12.5. The topological polar surface area (TPSA) is 88.5 Å². The van der Waals surface area contributed by atoms with E-state index in [2.05, 4.69) is 21.5 Å². The first-order valence-corrected chi connectivity index (χ1v) is 13.5. The van der Waals surface area contributed by atoms with Crippen LogP contribution in [0.3, 0.4) is 0 Å². The summed E-state index contributed by atoms with van der Waals surface area (Å²) in [6, 6.07) is 11.2. The Balaban J connectivity index is 1.30. The van der Waals surface area contributed by atoms with Gasteiger partial charge in [0.1, 0.15) is 11.5 Å². The highest BCUT2D eigenvalue weighted by atomic mass is 35.5. The Morgan fingerprint density at radius 3 is 2.69 bits per heavy atom. The molecule has 1 aromatic carbocycles. The number of rotatable bonds is 5. The van der Waals surface area contributed by atoms with Crippen molar-refractivity contribution in [1.29, 1.82) is 0 Å². The van der Waals surface area contributed by atoms with E-state index in [1.807, 2.05) is 37.3 Å². The van der Waals surface area contributed by atoms with Gasteiger partial charge in [0, 0.05) is 25.7 Å². The summed E-state index contributed by atoms with van der Waals surface area (Å²) in [5.74, 6) is 5.44. The van der Waals surface area contributed by atoms with E-state index in [1.54, 1.807) is 13.0 Å². The van der Waals surface area contributed by atoms with E-state index in [0.29, 0.717) is 29.2 Å². The number of ether oxygens (including phenoxy) is 1. The zero-order chi connectivity index (χ0) is 24.7.